The third kappa shape index (κ3) is 4.62. The zero-order valence-electron chi connectivity index (χ0n) is 11.1. The van der Waals surface area contributed by atoms with Gasteiger partial charge in [-0.25, -0.2) is 0 Å². The predicted octanol–water partition coefficient (Wildman–Crippen LogP) is 0.411. The fourth-order valence-electron chi connectivity index (χ4n) is 1.19. The summed E-state index contributed by atoms with van der Waals surface area (Å²) in [6.07, 6.45) is 0.203. The summed E-state index contributed by atoms with van der Waals surface area (Å²) in [5.41, 5.74) is -2.05. The molecule has 0 saturated carbocycles. The van der Waals surface area contributed by atoms with Crippen LogP contribution in [0.2, 0.25) is 0 Å². The average molecular weight is 262 g/mol. The van der Waals surface area contributed by atoms with Gasteiger partial charge in [-0.15, -0.1) is 0 Å². The molecule has 0 aromatic heterocycles. The normalized spacial score (nSPS) is 12.3. The van der Waals surface area contributed by atoms with E-state index >= 15 is 0 Å². The van der Waals surface area contributed by atoms with E-state index in [-0.39, 0.29) is 26.2 Å². The molecular weight excluding hydrogens is 240 g/mol. The fraction of sp³-hybridized carbons (Fsp3) is 0.833. The van der Waals surface area contributed by atoms with Crippen LogP contribution in [-0.2, 0) is 14.3 Å². The Kier molecular flexibility index (Phi) is 6.28. The number of aliphatic hydroxyl groups excluding tert-OH is 2. The lowest BCUT2D eigenvalue weighted by Crippen LogP contribution is -2.36. The number of aliphatic hydroxyl groups is 2. The van der Waals surface area contributed by atoms with Crippen LogP contribution in [0.3, 0.4) is 0 Å². The van der Waals surface area contributed by atoms with Crippen LogP contribution in [0.25, 0.3) is 0 Å². The Morgan fingerprint density at radius 3 is 2.00 bits per heavy atom. The zero-order chi connectivity index (χ0) is 14.4. The van der Waals surface area contributed by atoms with Gasteiger partial charge in [-0.2, -0.15) is 0 Å². The Labute approximate surface area is 107 Å². The average Bonchev–Trinajstić information content (AvgIpc) is 2.31. The maximum absolute atomic E-state index is 11.5. The van der Waals surface area contributed by atoms with Crippen LogP contribution in [0.1, 0.15) is 33.6 Å². The van der Waals surface area contributed by atoms with E-state index in [2.05, 4.69) is 0 Å². The van der Waals surface area contributed by atoms with Crippen LogP contribution >= 0.6 is 0 Å². The Balaban J connectivity index is 4.39. The van der Waals surface area contributed by atoms with Gasteiger partial charge < -0.3 is 20.1 Å². The Morgan fingerprint density at radius 2 is 1.67 bits per heavy atom. The molecule has 0 aromatic carbocycles. The van der Waals surface area contributed by atoms with Gasteiger partial charge in [0, 0.05) is 0 Å². The van der Waals surface area contributed by atoms with Crippen molar-refractivity contribution in [1.82, 2.24) is 0 Å². The number of rotatable bonds is 8. The van der Waals surface area contributed by atoms with Crippen molar-refractivity contribution >= 4 is 11.9 Å². The predicted molar refractivity (Wildman–Crippen MR) is 63.9 cm³/mol. The molecule has 6 heteroatoms. The Morgan fingerprint density at radius 1 is 1.17 bits per heavy atom. The summed E-state index contributed by atoms with van der Waals surface area (Å²) in [5.74, 6) is -1.73. The number of carboxylic acid groups (broad SMARTS) is 1. The summed E-state index contributed by atoms with van der Waals surface area (Å²) in [5, 5.41) is 27.2. The first-order valence-electron chi connectivity index (χ1n) is 5.84. The summed E-state index contributed by atoms with van der Waals surface area (Å²) in [7, 11) is 0. The van der Waals surface area contributed by atoms with Crippen molar-refractivity contribution in [2.45, 2.75) is 33.6 Å². The quantitative estimate of drug-likeness (QED) is 0.547. The highest BCUT2D eigenvalue weighted by molar-refractivity contribution is 5.81. The highest BCUT2D eigenvalue weighted by atomic mass is 16.5. The fourth-order valence-corrected chi connectivity index (χ4v) is 1.19. The topological polar surface area (TPSA) is 104 Å². The summed E-state index contributed by atoms with van der Waals surface area (Å²) in [6.45, 7) is 3.92. The number of ether oxygens (including phenoxy) is 1. The summed E-state index contributed by atoms with van der Waals surface area (Å²) >= 11 is 0. The molecule has 0 spiro atoms. The minimum atomic E-state index is -1.19. The van der Waals surface area contributed by atoms with Crippen molar-refractivity contribution in [2.75, 3.05) is 19.8 Å². The smallest absolute Gasteiger partial charge is 0.309 e. The van der Waals surface area contributed by atoms with Crippen LogP contribution in [0.15, 0.2) is 0 Å². The van der Waals surface area contributed by atoms with Crippen molar-refractivity contribution in [2.24, 2.45) is 10.8 Å². The second kappa shape index (κ2) is 6.70. The number of esters is 1. The molecule has 0 fully saturated rings. The molecule has 0 rings (SSSR count). The molecule has 0 aliphatic heterocycles. The lowest BCUT2D eigenvalue weighted by atomic mass is 9.87. The first-order chi connectivity index (χ1) is 8.23. The number of carboxylic acids is 1. The summed E-state index contributed by atoms with van der Waals surface area (Å²) < 4.78 is 4.94. The standard InChI is InChI=1S/C12H22O6/c1-4-12(6-13,7-14)8-18-9(15)5-11(2,3)10(16)17/h13-14H,4-8H2,1-3H3,(H,16,17). The van der Waals surface area contributed by atoms with Gasteiger partial charge in [0.1, 0.15) is 6.61 Å². The molecule has 0 amide bonds. The molecule has 0 aromatic rings. The second-order valence-corrected chi connectivity index (χ2v) is 5.20. The molecule has 0 aliphatic rings. The van der Waals surface area contributed by atoms with E-state index in [9.17, 15) is 9.59 Å². The number of aliphatic carboxylic acids is 1. The number of hydrogen-bond donors (Lipinski definition) is 3. The first-order valence-corrected chi connectivity index (χ1v) is 5.84. The van der Waals surface area contributed by atoms with Crippen LogP contribution in [-0.4, -0.2) is 47.1 Å². The van der Waals surface area contributed by atoms with E-state index < -0.39 is 22.8 Å². The molecule has 0 saturated heterocycles. The van der Waals surface area contributed by atoms with Gasteiger partial charge >= 0.3 is 11.9 Å². The maximum atomic E-state index is 11.5. The number of hydrogen-bond acceptors (Lipinski definition) is 5. The molecule has 0 atom stereocenters. The summed E-state index contributed by atoms with van der Waals surface area (Å²) in [4.78, 5) is 22.3. The van der Waals surface area contributed by atoms with Gasteiger partial charge in [0.25, 0.3) is 0 Å². The van der Waals surface area contributed by atoms with Crippen molar-refractivity contribution < 1.29 is 29.6 Å². The van der Waals surface area contributed by atoms with E-state index in [1.54, 1.807) is 6.92 Å². The van der Waals surface area contributed by atoms with E-state index in [0.29, 0.717) is 6.42 Å². The molecule has 0 aliphatic carbocycles. The minimum Gasteiger partial charge on any atom is -0.481 e. The van der Waals surface area contributed by atoms with Gasteiger partial charge in [-0.3, -0.25) is 9.59 Å². The second-order valence-electron chi connectivity index (χ2n) is 5.20. The van der Waals surface area contributed by atoms with E-state index in [4.69, 9.17) is 20.1 Å². The zero-order valence-corrected chi connectivity index (χ0v) is 11.1. The highest BCUT2D eigenvalue weighted by Gasteiger charge is 2.33. The van der Waals surface area contributed by atoms with Crippen molar-refractivity contribution in [3.05, 3.63) is 0 Å². The van der Waals surface area contributed by atoms with Crippen LogP contribution in [0, 0.1) is 10.8 Å². The minimum absolute atomic E-state index is 0.120. The maximum Gasteiger partial charge on any atom is 0.309 e. The van der Waals surface area contributed by atoms with Crippen molar-refractivity contribution in [3.8, 4) is 0 Å². The van der Waals surface area contributed by atoms with E-state index in [0.717, 1.165) is 0 Å². The largest absolute Gasteiger partial charge is 0.481 e. The van der Waals surface area contributed by atoms with Crippen LogP contribution in [0.4, 0.5) is 0 Å². The lowest BCUT2D eigenvalue weighted by molar-refractivity contribution is -0.159. The van der Waals surface area contributed by atoms with E-state index in [1.807, 2.05) is 0 Å². The van der Waals surface area contributed by atoms with Gasteiger partial charge in [0.05, 0.1) is 30.5 Å². The third-order valence-electron chi connectivity index (χ3n) is 3.13. The monoisotopic (exact) mass is 262 g/mol. The molecule has 6 nitrogen and oxygen atoms in total. The van der Waals surface area contributed by atoms with Crippen molar-refractivity contribution in [1.29, 1.82) is 0 Å². The van der Waals surface area contributed by atoms with Crippen molar-refractivity contribution in [3.63, 3.8) is 0 Å². The Bertz CT molecular complexity index is 285. The first kappa shape index (κ1) is 16.9. The molecule has 0 radical (unpaired) electrons. The molecular formula is C12H22O6. The summed E-state index contributed by atoms with van der Waals surface area (Å²) in [6, 6.07) is 0. The van der Waals surface area contributed by atoms with Crippen LogP contribution in [0.5, 0.6) is 0 Å². The molecule has 0 heterocycles. The Hall–Kier alpha value is -1.14. The highest BCUT2D eigenvalue weighted by Crippen LogP contribution is 2.24. The van der Waals surface area contributed by atoms with Gasteiger partial charge in [0.2, 0.25) is 0 Å². The molecule has 3 N–H and O–H groups in total. The lowest BCUT2D eigenvalue weighted by Gasteiger charge is -2.28. The molecule has 0 bridgehead atoms. The molecule has 106 valence electrons. The van der Waals surface area contributed by atoms with Gasteiger partial charge in [0.15, 0.2) is 0 Å². The van der Waals surface area contributed by atoms with Crippen LogP contribution < -0.4 is 0 Å². The van der Waals surface area contributed by atoms with Gasteiger partial charge in [-0.1, -0.05) is 6.92 Å². The SMILES string of the molecule is CCC(CO)(CO)COC(=O)CC(C)(C)C(=O)O. The molecule has 18 heavy (non-hydrogen) atoms. The van der Waals surface area contributed by atoms with Gasteiger partial charge in [-0.05, 0) is 20.3 Å². The third-order valence-corrected chi connectivity index (χ3v) is 3.13. The molecule has 0 unspecified atom stereocenters. The number of carbonyl (C=O) groups is 2. The number of carbonyl (C=O) groups excluding carboxylic acids is 1. The van der Waals surface area contributed by atoms with E-state index in [1.165, 1.54) is 13.8 Å².